The molecule has 0 aliphatic heterocycles. The van der Waals surface area contributed by atoms with Gasteiger partial charge in [-0.15, -0.1) is 0 Å². The van der Waals surface area contributed by atoms with Crippen molar-refractivity contribution < 1.29 is 29.1 Å². The van der Waals surface area contributed by atoms with Gasteiger partial charge >= 0.3 is 5.97 Å². The summed E-state index contributed by atoms with van der Waals surface area (Å²) in [5, 5.41) is 16.9. The van der Waals surface area contributed by atoms with Crippen molar-refractivity contribution in [2.75, 3.05) is 0 Å². The first-order valence-electron chi connectivity index (χ1n) is 11.0. The number of amides is 4. The zero-order valence-electron chi connectivity index (χ0n) is 19.8. The van der Waals surface area contributed by atoms with Crippen molar-refractivity contribution in [3.05, 3.63) is 18.2 Å². The highest BCUT2D eigenvalue weighted by Crippen LogP contribution is 2.09. The number of rotatable bonds is 14. The van der Waals surface area contributed by atoms with Gasteiger partial charge in [0, 0.05) is 18.3 Å². The van der Waals surface area contributed by atoms with Gasteiger partial charge in [0.15, 0.2) is 0 Å². The minimum atomic E-state index is -1.23. The monoisotopic (exact) mass is 481 g/mol. The lowest BCUT2D eigenvalue weighted by molar-refractivity contribution is -0.143. The van der Waals surface area contributed by atoms with Crippen molar-refractivity contribution in [2.24, 2.45) is 23.3 Å². The van der Waals surface area contributed by atoms with Crippen LogP contribution in [0.2, 0.25) is 0 Å². The van der Waals surface area contributed by atoms with E-state index in [2.05, 4.69) is 25.9 Å². The highest BCUT2D eigenvalue weighted by molar-refractivity contribution is 5.95. The van der Waals surface area contributed by atoms with E-state index in [-0.39, 0.29) is 18.8 Å². The molecule has 4 unspecified atom stereocenters. The topological polar surface area (TPSA) is 222 Å². The van der Waals surface area contributed by atoms with E-state index in [0.717, 1.165) is 0 Å². The Hall–Kier alpha value is -3.48. The molecule has 0 radical (unpaired) electrons. The molecule has 0 aliphatic carbocycles. The number of carboxylic acid groups (broad SMARTS) is 1. The van der Waals surface area contributed by atoms with Crippen molar-refractivity contribution in [3.8, 4) is 0 Å². The van der Waals surface area contributed by atoms with Gasteiger partial charge in [0.2, 0.25) is 23.6 Å². The SMILES string of the molecule is CC(C)CC(NC(=O)C(N)CC(N)=O)C(=O)NC(Cc1cnc[nH]1)C(=O)NC(C(=O)O)C(C)C. The average molecular weight is 482 g/mol. The largest absolute Gasteiger partial charge is 0.480 e. The van der Waals surface area contributed by atoms with E-state index >= 15 is 0 Å². The Balaban J connectivity index is 3.07. The van der Waals surface area contributed by atoms with Gasteiger partial charge in [-0.1, -0.05) is 27.7 Å². The number of primary amides is 1. The fourth-order valence-electron chi connectivity index (χ4n) is 3.16. The van der Waals surface area contributed by atoms with Gasteiger partial charge in [0.05, 0.1) is 18.8 Å². The molecule has 0 bridgehead atoms. The van der Waals surface area contributed by atoms with Crippen molar-refractivity contribution in [1.82, 2.24) is 25.9 Å². The molecule has 34 heavy (non-hydrogen) atoms. The quantitative estimate of drug-likeness (QED) is 0.163. The standard InChI is InChI=1S/C21H35N7O6/c1-10(2)5-14(26-18(30)13(22)7-16(23)29)19(31)27-15(6-12-8-24-9-25-12)20(32)28-17(11(3)4)21(33)34/h8-11,13-15,17H,5-7,22H2,1-4H3,(H2,23,29)(H,24,25)(H,26,30)(H,27,31)(H,28,32)(H,33,34). The fourth-order valence-corrected chi connectivity index (χ4v) is 3.16. The first kappa shape index (κ1) is 28.6. The number of carboxylic acids is 1. The van der Waals surface area contributed by atoms with Crippen LogP contribution in [0.3, 0.4) is 0 Å². The van der Waals surface area contributed by atoms with Crippen LogP contribution in [0.15, 0.2) is 12.5 Å². The summed E-state index contributed by atoms with van der Waals surface area (Å²) in [6.07, 6.45) is 2.72. The molecular formula is C21H35N7O6. The molecule has 0 fully saturated rings. The van der Waals surface area contributed by atoms with Crippen LogP contribution in [-0.2, 0) is 30.4 Å². The molecule has 0 aliphatic rings. The Morgan fingerprint density at radius 3 is 2.06 bits per heavy atom. The molecule has 13 nitrogen and oxygen atoms in total. The zero-order valence-corrected chi connectivity index (χ0v) is 19.8. The third-order valence-corrected chi connectivity index (χ3v) is 4.94. The molecule has 0 saturated heterocycles. The van der Waals surface area contributed by atoms with Gasteiger partial charge in [-0.05, 0) is 18.3 Å². The van der Waals surface area contributed by atoms with Crippen molar-refractivity contribution in [1.29, 1.82) is 0 Å². The van der Waals surface area contributed by atoms with Crippen LogP contribution in [0, 0.1) is 11.8 Å². The van der Waals surface area contributed by atoms with Crippen LogP contribution in [-0.4, -0.2) is 68.8 Å². The predicted molar refractivity (Wildman–Crippen MR) is 122 cm³/mol. The smallest absolute Gasteiger partial charge is 0.326 e. The number of aliphatic carboxylic acids is 1. The molecule has 4 atom stereocenters. The van der Waals surface area contributed by atoms with E-state index in [1.807, 2.05) is 13.8 Å². The Kier molecular flexibility index (Phi) is 11.2. The number of H-pyrrole nitrogens is 1. The van der Waals surface area contributed by atoms with Gasteiger partial charge in [0.1, 0.15) is 18.1 Å². The third-order valence-electron chi connectivity index (χ3n) is 4.94. The Labute approximate surface area is 197 Å². The highest BCUT2D eigenvalue weighted by Gasteiger charge is 2.32. The zero-order chi connectivity index (χ0) is 26.0. The molecule has 1 aromatic rings. The predicted octanol–water partition coefficient (Wildman–Crippen LogP) is -1.60. The number of nitrogens with zero attached hydrogens (tertiary/aromatic N) is 1. The number of aromatic amines is 1. The van der Waals surface area contributed by atoms with E-state index < -0.39 is 66.1 Å². The lowest BCUT2D eigenvalue weighted by atomic mass is 10.0. The summed E-state index contributed by atoms with van der Waals surface area (Å²) in [7, 11) is 0. The number of imidazole rings is 1. The number of hydrogen-bond acceptors (Lipinski definition) is 7. The average Bonchev–Trinajstić information content (AvgIpc) is 3.22. The van der Waals surface area contributed by atoms with E-state index in [1.165, 1.54) is 12.5 Å². The summed E-state index contributed by atoms with van der Waals surface area (Å²) >= 11 is 0. The molecule has 190 valence electrons. The van der Waals surface area contributed by atoms with Crippen LogP contribution in [0.25, 0.3) is 0 Å². The summed E-state index contributed by atoms with van der Waals surface area (Å²) in [4.78, 5) is 67.7. The summed E-state index contributed by atoms with van der Waals surface area (Å²) in [6, 6.07) is -4.60. The summed E-state index contributed by atoms with van der Waals surface area (Å²) in [5.74, 6) is -4.48. The molecule has 9 N–H and O–H groups in total. The minimum absolute atomic E-state index is 0.00550. The number of nitrogens with one attached hydrogen (secondary N) is 4. The van der Waals surface area contributed by atoms with E-state index in [4.69, 9.17) is 11.5 Å². The van der Waals surface area contributed by atoms with E-state index in [1.54, 1.807) is 13.8 Å². The van der Waals surface area contributed by atoms with Gasteiger partial charge in [-0.3, -0.25) is 19.2 Å². The number of carbonyl (C=O) groups is 5. The van der Waals surface area contributed by atoms with Crippen molar-refractivity contribution in [3.63, 3.8) is 0 Å². The second-order valence-corrected chi connectivity index (χ2v) is 8.88. The van der Waals surface area contributed by atoms with Crippen LogP contribution < -0.4 is 27.4 Å². The Morgan fingerprint density at radius 2 is 1.59 bits per heavy atom. The molecule has 1 aromatic heterocycles. The minimum Gasteiger partial charge on any atom is -0.480 e. The molecule has 1 heterocycles. The Morgan fingerprint density at radius 1 is 1.00 bits per heavy atom. The molecule has 4 amide bonds. The first-order valence-corrected chi connectivity index (χ1v) is 11.0. The summed E-state index contributed by atoms with van der Waals surface area (Å²) in [6.45, 7) is 6.96. The van der Waals surface area contributed by atoms with E-state index in [9.17, 15) is 29.1 Å². The second-order valence-electron chi connectivity index (χ2n) is 8.88. The third kappa shape index (κ3) is 9.57. The fraction of sp³-hybridized carbons (Fsp3) is 0.619. The van der Waals surface area contributed by atoms with Gasteiger partial charge in [-0.25, -0.2) is 9.78 Å². The highest BCUT2D eigenvalue weighted by atomic mass is 16.4. The van der Waals surface area contributed by atoms with Crippen molar-refractivity contribution in [2.45, 2.75) is 71.1 Å². The second kappa shape index (κ2) is 13.3. The normalized spacial score (nSPS) is 14.7. The summed E-state index contributed by atoms with van der Waals surface area (Å²) in [5.41, 5.74) is 11.3. The summed E-state index contributed by atoms with van der Waals surface area (Å²) < 4.78 is 0. The van der Waals surface area contributed by atoms with Crippen LogP contribution >= 0.6 is 0 Å². The van der Waals surface area contributed by atoms with Gasteiger partial charge < -0.3 is 37.5 Å². The first-order chi connectivity index (χ1) is 15.8. The number of nitrogens with two attached hydrogens (primary N) is 2. The maximum absolute atomic E-state index is 13.1. The van der Waals surface area contributed by atoms with Crippen LogP contribution in [0.1, 0.15) is 46.2 Å². The Bertz CT molecular complexity index is 856. The van der Waals surface area contributed by atoms with Crippen molar-refractivity contribution >= 4 is 29.6 Å². The molecule has 1 rings (SSSR count). The lowest BCUT2D eigenvalue weighted by Gasteiger charge is -2.26. The van der Waals surface area contributed by atoms with Crippen LogP contribution in [0.4, 0.5) is 0 Å². The molecule has 0 spiro atoms. The number of carbonyl (C=O) groups excluding carboxylic acids is 4. The van der Waals surface area contributed by atoms with E-state index in [0.29, 0.717) is 5.69 Å². The van der Waals surface area contributed by atoms with Gasteiger partial charge in [-0.2, -0.15) is 0 Å². The molecule has 13 heteroatoms. The van der Waals surface area contributed by atoms with Crippen LogP contribution in [0.5, 0.6) is 0 Å². The molecule has 0 saturated carbocycles. The number of aromatic nitrogens is 2. The molecular weight excluding hydrogens is 446 g/mol. The molecule has 0 aromatic carbocycles. The van der Waals surface area contributed by atoms with Gasteiger partial charge in [0.25, 0.3) is 0 Å². The maximum Gasteiger partial charge on any atom is 0.326 e. The maximum atomic E-state index is 13.1. The number of hydrogen-bond donors (Lipinski definition) is 7. The lowest BCUT2D eigenvalue weighted by Crippen LogP contribution is -2.58.